The van der Waals surface area contributed by atoms with Gasteiger partial charge in [-0.3, -0.25) is 4.18 Å². The fourth-order valence-electron chi connectivity index (χ4n) is 0.272. The molecule has 0 aliphatic heterocycles. The number of hydrogen-bond donors (Lipinski definition) is 0. The summed E-state index contributed by atoms with van der Waals surface area (Å²) in [6, 6.07) is 0. The monoisotopic (exact) mass is 282 g/mol. The van der Waals surface area contributed by atoms with Crippen LogP contribution in [-0.4, -0.2) is 29.3 Å². The van der Waals surface area contributed by atoms with Gasteiger partial charge in [-0.1, -0.05) is 0 Å². The lowest BCUT2D eigenvalue weighted by Gasteiger charge is -2.17. The fraction of sp³-hybridized carbons (Fsp3) is 1.00. The molecular formula is C4H2F8O3S. The van der Waals surface area contributed by atoms with Crippen LogP contribution in [0.3, 0.4) is 0 Å². The van der Waals surface area contributed by atoms with Crippen molar-refractivity contribution in [3.63, 3.8) is 0 Å². The van der Waals surface area contributed by atoms with Gasteiger partial charge in [0, 0.05) is 0 Å². The molecule has 98 valence electrons. The summed E-state index contributed by atoms with van der Waals surface area (Å²) in [5.41, 5.74) is 0. The van der Waals surface area contributed by atoms with E-state index in [2.05, 4.69) is 8.37 Å². The summed E-state index contributed by atoms with van der Waals surface area (Å²) in [7, 11) is 0. The minimum Gasteiger partial charge on any atom is -0.259 e. The maximum absolute atomic E-state index is 11.9. The van der Waals surface area contributed by atoms with Gasteiger partial charge in [0.25, 0.3) is 0 Å². The Bertz CT molecular complexity index is 257. The lowest BCUT2D eigenvalue weighted by Crippen LogP contribution is -2.40. The zero-order valence-corrected chi connectivity index (χ0v) is 7.68. The highest BCUT2D eigenvalue weighted by Gasteiger charge is 2.61. The number of alkyl halides is 8. The molecular weight excluding hydrogens is 280 g/mol. The standard InChI is InChI=1S/C4H2F8O3S/c5-2(6,7)1-14-16(13)15-4(11,12)3(8,9)10/h1H2. The van der Waals surface area contributed by atoms with Crippen LogP contribution in [0.5, 0.6) is 0 Å². The summed E-state index contributed by atoms with van der Waals surface area (Å²) in [5, 5.41) is 0. The van der Waals surface area contributed by atoms with Crippen molar-refractivity contribution in [3.05, 3.63) is 0 Å². The largest absolute Gasteiger partial charge is 0.484 e. The molecule has 0 fully saturated rings. The molecule has 0 saturated heterocycles. The van der Waals surface area contributed by atoms with Gasteiger partial charge in [-0.15, -0.1) is 0 Å². The van der Waals surface area contributed by atoms with Crippen LogP contribution in [-0.2, 0) is 19.7 Å². The Morgan fingerprint density at radius 2 is 1.38 bits per heavy atom. The van der Waals surface area contributed by atoms with Gasteiger partial charge in [-0.05, 0) is 0 Å². The highest BCUT2D eigenvalue weighted by atomic mass is 32.2. The van der Waals surface area contributed by atoms with Crippen LogP contribution in [0.1, 0.15) is 0 Å². The van der Waals surface area contributed by atoms with E-state index in [4.69, 9.17) is 0 Å². The molecule has 12 heteroatoms. The van der Waals surface area contributed by atoms with Crippen molar-refractivity contribution in [2.24, 2.45) is 0 Å². The quantitative estimate of drug-likeness (QED) is 0.742. The summed E-state index contributed by atoms with van der Waals surface area (Å²) < 4.78 is 108. The Labute approximate surface area is 85.2 Å². The molecule has 3 nitrogen and oxygen atoms in total. The molecule has 0 N–H and O–H groups in total. The van der Waals surface area contributed by atoms with Gasteiger partial charge in [-0.25, -0.2) is 0 Å². The molecule has 0 heterocycles. The van der Waals surface area contributed by atoms with Crippen LogP contribution in [0.4, 0.5) is 35.1 Å². The van der Waals surface area contributed by atoms with E-state index in [0.29, 0.717) is 0 Å². The predicted molar refractivity (Wildman–Crippen MR) is 32.2 cm³/mol. The predicted octanol–water partition coefficient (Wildman–Crippen LogP) is 2.32. The summed E-state index contributed by atoms with van der Waals surface area (Å²) in [5.74, 6) is 0. The van der Waals surface area contributed by atoms with Crippen LogP contribution < -0.4 is 0 Å². The van der Waals surface area contributed by atoms with Crippen LogP contribution >= 0.6 is 0 Å². The molecule has 0 amide bonds. The first-order valence-electron chi connectivity index (χ1n) is 3.11. The molecule has 0 aliphatic rings. The molecule has 0 aromatic heterocycles. The van der Waals surface area contributed by atoms with Crippen LogP contribution in [0.25, 0.3) is 0 Å². The summed E-state index contributed by atoms with van der Waals surface area (Å²) in [6.07, 6.45) is -17.1. The summed E-state index contributed by atoms with van der Waals surface area (Å²) >= 11 is -3.87. The van der Waals surface area contributed by atoms with Gasteiger partial charge in [0.15, 0.2) is 6.61 Å². The number of rotatable bonds is 4. The molecule has 16 heavy (non-hydrogen) atoms. The molecule has 0 aliphatic carbocycles. The molecule has 0 saturated carbocycles. The van der Waals surface area contributed by atoms with E-state index in [9.17, 15) is 39.3 Å². The second-order valence-corrected chi connectivity index (χ2v) is 2.99. The van der Waals surface area contributed by atoms with Crippen LogP contribution in [0.2, 0.25) is 0 Å². The Kier molecular flexibility index (Phi) is 4.64. The van der Waals surface area contributed by atoms with E-state index in [1.807, 2.05) is 0 Å². The Morgan fingerprint density at radius 1 is 0.938 bits per heavy atom. The third-order valence-corrected chi connectivity index (χ3v) is 1.48. The van der Waals surface area contributed by atoms with Gasteiger partial charge in [0.2, 0.25) is 0 Å². The van der Waals surface area contributed by atoms with Gasteiger partial charge in [-0.2, -0.15) is 43.5 Å². The van der Waals surface area contributed by atoms with E-state index in [-0.39, 0.29) is 0 Å². The summed E-state index contributed by atoms with van der Waals surface area (Å²) in [6.45, 7) is -2.28. The van der Waals surface area contributed by atoms with Gasteiger partial charge in [0.1, 0.15) is 0 Å². The SMILES string of the molecule is O=S(OCC(F)(F)F)OC(F)(F)C(F)(F)F. The molecule has 0 aromatic carbocycles. The second-order valence-electron chi connectivity index (χ2n) is 2.18. The van der Waals surface area contributed by atoms with Crippen molar-refractivity contribution < 1.29 is 47.7 Å². The maximum Gasteiger partial charge on any atom is 0.484 e. The lowest BCUT2D eigenvalue weighted by molar-refractivity contribution is -0.360. The fourth-order valence-corrected chi connectivity index (χ4v) is 0.815. The first-order valence-corrected chi connectivity index (χ1v) is 4.11. The van der Waals surface area contributed by atoms with Gasteiger partial charge < -0.3 is 0 Å². The lowest BCUT2D eigenvalue weighted by atomic mass is 10.6. The van der Waals surface area contributed by atoms with Gasteiger partial charge in [0.05, 0.1) is 0 Å². The molecule has 0 rings (SSSR count). The van der Waals surface area contributed by atoms with E-state index < -0.39 is 36.4 Å². The van der Waals surface area contributed by atoms with Crippen molar-refractivity contribution in [3.8, 4) is 0 Å². The first kappa shape index (κ1) is 15.5. The van der Waals surface area contributed by atoms with Crippen molar-refractivity contribution in [2.45, 2.75) is 18.5 Å². The Hall–Kier alpha value is -0.490. The molecule has 0 bridgehead atoms. The van der Waals surface area contributed by atoms with Crippen molar-refractivity contribution >= 4 is 11.4 Å². The zero-order valence-electron chi connectivity index (χ0n) is 6.86. The number of hydrogen-bond acceptors (Lipinski definition) is 3. The maximum atomic E-state index is 11.9. The Balaban J connectivity index is 4.26. The normalized spacial score (nSPS) is 16.2. The van der Waals surface area contributed by atoms with Crippen LogP contribution in [0.15, 0.2) is 0 Å². The molecule has 0 aromatic rings. The average molecular weight is 282 g/mol. The van der Waals surface area contributed by atoms with E-state index in [0.717, 1.165) is 0 Å². The highest BCUT2D eigenvalue weighted by molar-refractivity contribution is 7.75. The van der Waals surface area contributed by atoms with Crippen LogP contribution in [0, 0.1) is 0 Å². The molecule has 1 unspecified atom stereocenters. The van der Waals surface area contributed by atoms with E-state index >= 15 is 0 Å². The Morgan fingerprint density at radius 3 is 1.69 bits per heavy atom. The molecule has 1 atom stereocenters. The van der Waals surface area contributed by atoms with Gasteiger partial charge >= 0.3 is 29.8 Å². The third kappa shape index (κ3) is 5.55. The van der Waals surface area contributed by atoms with E-state index in [1.165, 1.54) is 0 Å². The second kappa shape index (κ2) is 4.79. The zero-order chi connectivity index (χ0) is 13.2. The smallest absolute Gasteiger partial charge is 0.259 e. The number of halogens is 8. The van der Waals surface area contributed by atoms with Crippen molar-refractivity contribution in [2.75, 3.05) is 6.61 Å². The van der Waals surface area contributed by atoms with E-state index in [1.54, 1.807) is 0 Å². The minimum absolute atomic E-state index is 2.28. The highest BCUT2D eigenvalue weighted by Crippen LogP contribution is 2.37. The topological polar surface area (TPSA) is 35.5 Å². The van der Waals surface area contributed by atoms with Crippen molar-refractivity contribution in [1.29, 1.82) is 0 Å². The molecule has 0 radical (unpaired) electrons. The molecule has 0 spiro atoms. The minimum atomic E-state index is -6.20. The average Bonchev–Trinajstić information content (AvgIpc) is 1.96. The van der Waals surface area contributed by atoms with Crippen molar-refractivity contribution in [1.82, 2.24) is 0 Å². The first-order chi connectivity index (χ1) is 6.85. The third-order valence-electron chi connectivity index (χ3n) is 0.822. The summed E-state index contributed by atoms with van der Waals surface area (Å²) in [4.78, 5) is 0.